The van der Waals surface area contributed by atoms with Crippen molar-refractivity contribution in [2.75, 3.05) is 38.7 Å². The van der Waals surface area contributed by atoms with Gasteiger partial charge >= 0.3 is 0 Å². The molecule has 0 radical (unpaired) electrons. The van der Waals surface area contributed by atoms with Gasteiger partial charge in [-0.25, -0.2) is 8.42 Å². The Labute approximate surface area is 202 Å². The number of hydrogen-bond acceptors (Lipinski definition) is 5. The van der Waals surface area contributed by atoms with Crippen molar-refractivity contribution >= 4 is 50.5 Å². The van der Waals surface area contributed by atoms with Gasteiger partial charge in [0.15, 0.2) is 0 Å². The second-order valence-electron chi connectivity index (χ2n) is 8.28. The number of sulfonamides is 1. The van der Waals surface area contributed by atoms with Crippen molar-refractivity contribution in [2.45, 2.75) is 6.42 Å². The molecular weight excluding hydrogens is 468 g/mol. The average molecular weight is 491 g/mol. The Morgan fingerprint density at radius 1 is 0.914 bits per heavy atom. The highest BCUT2D eigenvalue weighted by atomic mass is 32.2. The molecule has 2 aliphatic rings. The number of carbonyl (C=O) groups is 3. The van der Waals surface area contributed by atoms with Crippen LogP contribution in [0.1, 0.15) is 27.1 Å². The SMILES string of the molecule is O=C1CN(C(=O)c2ccc(NC(=O)c3cccc(N4CCCS4(=O)=O)c3)cc2)c2ccccc2N1. The molecule has 178 valence electrons. The maximum Gasteiger partial charge on any atom is 0.258 e. The third-order valence-electron chi connectivity index (χ3n) is 5.90. The Hall–Kier alpha value is -4.18. The van der Waals surface area contributed by atoms with Gasteiger partial charge in [0.1, 0.15) is 6.54 Å². The first-order chi connectivity index (χ1) is 16.8. The van der Waals surface area contributed by atoms with Gasteiger partial charge in [0.05, 0.1) is 22.8 Å². The van der Waals surface area contributed by atoms with Crippen LogP contribution in [0.2, 0.25) is 0 Å². The minimum absolute atomic E-state index is 0.0859. The third-order valence-corrected chi connectivity index (χ3v) is 7.77. The third kappa shape index (κ3) is 4.47. The zero-order chi connectivity index (χ0) is 24.6. The van der Waals surface area contributed by atoms with Gasteiger partial charge < -0.3 is 10.6 Å². The summed E-state index contributed by atoms with van der Waals surface area (Å²) in [6, 6.07) is 19.9. The lowest BCUT2D eigenvalue weighted by molar-refractivity contribution is -0.115. The van der Waals surface area contributed by atoms with Crippen molar-refractivity contribution in [1.82, 2.24) is 0 Å². The van der Waals surface area contributed by atoms with E-state index in [1.54, 1.807) is 72.8 Å². The number of benzene rings is 3. The zero-order valence-electron chi connectivity index (χ0n) is 18.6. The maximum absolute atomic E-state index is 13.1. The van der Waals surface area contributed by atoms with Gasteiger partial charge in [0.25, 0.3) is 11.8 Å². The van der Waals surface area contributed by atoms with Crippen LogP contribution in [0.3, 0.4) is 0 Å². The molecule has 0 aromatic heterocycles. The minimum Gasteiger partial charge on any atom is -0.323 e. The fourth-order valence-corrected chi connectivity index (χ4v) is 5.76. The van der Waals surface area contributed by atoms with E-state index in [-0.39, 0.29) is 24.1 Å². The normalized spacial score (nSPS) is 16.4. The fourth-order valence-electron chi connectivity index (χ4n) is 4.20. The maximum atomic E-state index is 13.1. The van der Waals surface area contributed by atoms with E-state index < -0.39 is 15.9 Å². The van der Waals surface area contributed by atoms with E-state index in [2.05, 4.69) is 10.6 Å². The molecule has 5 rings (SSSR count). The number of rotatable bonds is 4. The summed E-state index contributed by atoms with van der Waals surface area (Å²) in [6.45, 7) is 0.309. The molecule has 0 spiro atoms. The predicted molar refractivity (Wildman–Crippen MR) is 133 cm³/mol. The lowest BCUT2D eigenvalue weighted by Gasteiger charge is -2.29. The number of nitrogens with one attached hydrogen (secondary N) is 2. The number of amides is 3. The highest BCUT2D eigenvalue weighted by Crippen LogP contribution is 2.30. The topological polar surface area (TPSA) is 116 Å². The largest absolute Gasteiger partial charge is 0.323 e. The Bertz CT molecular complexity index is 1440. The summed E-state index contributed by atoms with van der Waals surface area (Å²) in [4.78, 5) is 39.3. The molecule has 1 saturated heterocycles. The van der Waals surface area contributed by atoms with Crippen LogP contribution in [0, 0.1) is 0 Å². The van der Waals surface area contributed by atoms with Crippen molar-refractivity contribution < 1.29 is 22.8 Å². The molecule has 9 nitrogen and oxygen atoms in total. The molecule has 0 atom stereocenters. The Balaban J connectivity index is 1.31. The van der Waals surface area contributed by atoms with E-state index in [0.717, 1.165) is 0 Å². The summed E-state index contributed by atoms with van der Waals surface area (Å²) in [7, 11) is -3.35. The summed E-state index contributed by atoms with van der Waals surface area (Å²) in [5.41, 5.74) is 2.82. The van der Waals surface area contributed by atoms with Gasteiger partial charge in [-0.3, -0.25) is 23.6 Å². The van der Waals surface area contributed by atoms with Crippen LogP contribution in [0.25, 0.3) is 0 Å². The monoisotopic (exact) mass is 490 g/mol. The van der Waals surface area contributed by atoms with E-state index in [9.17, 15) is 22.8 Å². The van der Waals surface area contributed by atoms with Crippen molar-refractivity contribution in [2.24, 2.45) is 0 Å². The van der Waals surface area contributed by atoms with E-state index in [0.29, 0.717) is 46.8 Å². The van der Waals surface area contributed by atoms with E-state index in [4.69, 9.17) is 0 Å². The second kappa shape index (κ2) is 8.88. The summed E-state index contributed by atoms with van der Waals surface area (Å²) >= 11 is 0. The number of carbonyl (C=O) groups excluding carboxylic acids is 3. The van der Waals surface area contributed by atoms with Crippen LogP contribution < -0.4 is 19.8 Å². The molecule has 35 heavy (non-hydrogen) atoms. The smallest absolute Gasteiger partial charge is 0.258 e. The summed E-state index contributed by atoms with van der Waals surface area (Å²) in [6.07, 6.45) is 0.553. The van der Waals surface area contributed by atoms with Crippen LogP contribution in [0.5, 0.6) is 0 Å². The molecule has 2 aliphatic heterocycles. The Morgan fingerprint density at radius 3 is 2.43 bits per heavy atom. The Morgan fingerprint density at radius 2 is 1.69 bits per heavy atom. The molecule has 0 bridgehead atoms. The molecule has 1 fully saturated rings. The van der Waals surface area contributed by atoms with Crippen LogP contribution in [0.15, 0.2) is 72.8 Å². The van der Waals surface area contributed by atoms with Crippen molar-refractivity contribution in [3.63, 3.8) is 0 Å². The average Bonchev–Trinajstić information content (AvgIpc) is 3.22. The fraction of sp³-hybridized carbons (Fsp3) is 0.160. The molecule has 2 N–H and O–H groups in total. The van der Waals surface area contributed by atoms with Gasteiger partial charge in [-0.05, 0) is 61.0 Å². The molecule has 10 heteroatoms. The molecule has 3 aromatic carbocycles. The van der Waals surface area contributed by atoms with Crippen LogP contribution >= 0.6 is 0 Å². The molecule has 3 aromatic rings. The van der Waals surface area contributed by atoms with Gasteiger partial charge in [0.2, 0.25) is 15.9 Å². The quantitative estimate of drug-likeness (QED) is 0.583. The lowest BCUT2D eigenvalue weighted by atomic mass is 10.1. The minimum atomic E-state index is -3.35. The van der Waals surface area contributed by atoms with E-state index >= 15 is 0 Å². The highest BCUT2D eigenvalue weighted by molar-refractivity contribution is 7.93. The molecule has 0 aliphatic carbocycles. The first-order valence-electron chi connectivity index (χ1n) is 11.0. The highest BCUT2D eigenvalue weighted by Gasteiger charge is 2.29. The number of fused-ring (bicyclic) bond motifs is 1. The van der Waals surface area contributed by atoms with E-state index in [1.165, 1.54) is 9.21 Å². The molecule has 3 amide bonds. The second-order valence-corrected chi connectivity index (χ2v) is 10.3. The van der Waals surface area contributed by atoms with Crippen LogP contribution in [-0.4, -0.2) is 45.0 Å². The van der Waals surface area contributed by atoms with Gasteiger partial charge in [-0.2, -0.15) is 0 Å². The van der Waals surface area contributed by atoms with Crippen molar-refractivity contribution in [3.05, 3.63) is 83.9 Å². The number of hydrogen-bond donors (Lipinski definition) is 2. The van der Waals surface area contributed by atoms with Crippen LogP contribution in [-0.2, 0) is 14.8 Å². The molecule has 0 saturated carbocycles. The summed E-state index contributed by atoms with van der Waals surface area (Å²) in [5.74, 6) is -0.902. The van der Waals surface area contributed by atoms with Crippen molar-refractivity contribution in [1.29, 1.82) is 0 Å². The Kier molecular flexibility index (Phi) is 5.73. The van der Waals surface area contributed by atoms with Gasteiger partial charge in [-0.15, -0.1) is 0 Å². The number of para-hydroxylation sites is 2. The van der Waals surface area contributed by atoms with E-state index in [1.807, 2.05) is 0 Å². The number of nitrogens with zero attached hydrogens (tertiary/aromatic N) is 2. The van der Waals surface area contributed by atoms with Crippen molar-refractivity contribution in [3.8, 4) is 0 Å². The van der Waals surface area contributed by atoms with Gasteiger partial charge in [-0.1, -0.05) is 18.2 Å². The lowest BCUT2D eigenvalue weighted by Crippen LogP contribution is -2.42. The predicted octanol–water partition coefficient (Wildman–Crippen LogP) is 3.08. The molecular formula is C25H22N4O5S. The number of anilines is 4. The molecule has 0 unspecified atom stereocenters. The van der Waals surface area contributed by atoms with Gasteiger partial charge in [0, 0.05) is 23.4 Å². The first kappa shape index (κ1) is 22.6. The van der Waals surface area contributed by atoms with Crippen LogP contribution in [0.4, 0.5) is 22.7 Å². The molecule has 2 heterocycles. The zero-order valence-corrected chi connectivity index (χ0v) is 19.4. The summed E-state index contributed by atoms with van der Waals surface area (Å²) in [5, 5.41) is 5.52. The standard InChI is InChI=1S/C25H22N4O5S/c30-23-16-28(22-8-2-1-7-21(22)27-23)25(32)17-9-11-19(12-10-17)26-24(31)18-5-3-6-20(15-18)29-13-4-14-35(29,33)34/h1-3,5-12,15H,4,13-14,16H2,(H,26,31)(H,27,30). The summed E-state index contributed by atoms with van der Waals surface area (Å²) < 4.78 is 25.7. The first-order valence-corrected chi connectivity index (χ1v) is 12.7.